The second-order valence-electron chi connectivity index (χ2n) is 5.47. The van der Waals surface area contributed by atoms with Crippen LogP contribution in [-0.4, -0.2) is 35.6 Å². The van der Waals surface area contributed by atoms with Gasteiger partial charge in [-0.15, -0.1) is 0 Å². The molecule has 0 saturated carbocycles. The Morgan fingerprint density at radius 2 is 1.76 bits per heavy atom. The second kappa shape index (κ2) is 7.18. The highest BCUT2D eigenvalue weighted by molar-refractivity contribution is 5.38. The van der Waals surface area contributed by atoms with Crippen LogP contribution in [0.4, 0.5) is 5.82 Å². The first kappa shape index (κ1) is 14.0. The molecule has 0 spiro atoms. The third-order valence-corrected chi connectivity index (χ3v) is 4.01. The summed E-state index contributed by atoms with van der Waals surface area (Å²) in [6.07, 6.45) is 7.09. The maximum Gasteiger partial charge on any atom is 0.128 e. The van der Waals surface area contributed by atoms with Gasteiger partial charge in [-0.1, -0.05) is 12.1 Å². The van der Waals surface area contributed by atoms with Gasteiger partial charge in [-0.05, 0) is 37.1 Å². The predicted molar refractivity (Wildman–Crippen MR) is 85.4 cm³/mol. The third-order valence-electron chi connectivity index (χ3n) is 4.01. The van der Waals surface area contributed by atoms with Gasteiger partial charge in [-0.2, -0.15) is 0 Å². The fraction of sp³-hybridized carbons (Fsp3) is 0.412. The van der Waals surface area contributed by atoms with Crippen molar-refractivity contribution in [2.45, 2.75) is 25.3 Å². The van der Waals surface area contributed by atoms with E-state index >= 15 is 0 Å². The molecule has 0 radical (unpaired) electrons. The van der Waals surface area contributed by atoms with Gasteiger partial charge in [0.1, 0.15) is 5.82 Å². The minimum absolute atomic E-state index is 0.619. The van der Waals surface area contributed by atoms with Gasteiger partial charge >= 0.3 is 0 Å². The summed E-state index contributed by atoms with van der Waals surface area (Å²) in [6, 6.07) is 12.8. The van der Waals surface area contributed by atoms with E-state index in [0.29, 0.717) is 6.04 Å². The van der Waals surface area contributed by atoms with E-state index in [2.05, 4.69) is 38.4 Å². The fourth-order valence-electron chi connectivity index (χ4n) is 2.80. The number of piperidine rings is 1. The number of rotatable bonds is 5. The van der Waals surface area contributed by atoms with Crippen molar-refractivity contribution in [2.24, 2.45) is 0 Å². The second-order valence-corrected chi connectivity index (χ2v) is 5.47. The fourth-order valence-corrected chi connectivity index (χ4v) is 2.80. The SMILES string of the molecule is c1ccc(CCNC2CCN(c3ccccn3)CC2)nc1. The molecule has 4 heteroatoms. The van der Waals surface area contributed by atoms with Crippen LogP contribution in [0.1, 0.15) is 18.5 Å². The highest BCUT2D eigenvalue weighted by Crippen LogP contribution is 2.17. The molecule has 0 aromatic carbocycles. The number of hydrogen-bond acceptors (Lipinski definition) is 4. The molecule has 0 amide bonds. The molecule has 1 saturated heterocycles. The van der Waals surface area contributed by atoms with Crippen molar-refractivity contribution in [1.82, 2.24) is 15.3 Å². The van der Waals surface area contributed by atoms with Gasteiger partial charge in [0.25, 0.3) is 0 Å². The molecule has 1 aliphatic rings. The average Bonchev–Trinajstić information content (AvgIpc) is 2.57. The standard InChI is InChI=1S/C17H22N4/c1-3-10-18-15(5-1)7-12-19-16-8-13-21(14-9-16)17-6-2-4-11-20-17/h1-6,10-11,16,19H,7-9,12-14H2. The van der Waals surface area contributed by atoms with E-state index in [1.807, 2.05) is 30.6 Å². The summed E-state index contributed by atoms with van der Waals surface area (Å²) >= 11 is 0. The van der Waals surface area contributed by atoms with E-state index in [4.69, 9.17) is 0 Å². The van der Waals surface area contributed by atoms with Crippen LogP contribution in [0, 0.1) is 0 Å². The molecule has 0 bridgehead atoms. The van der Waals surface area contributed by atoms with Crippen molar-refractivity contribution < 1.29 is 0 Å². The molecule has 0 atom stereocenters. The topological polar surface area (TPSA) is 41.0 Å². The molecule has 2 aromatic heterocycles. The van der Waals surface area contributed by atoms with E-state index in [-0.39, 0.29) is 0 Å². The molecule has 3 rings (SSSR count). The van der Waals surface area contributed by atoms with Gasteiger partial charge in [0.2, 0.25) is 0 Å². The van der Waals surface area contributed by atoms with Crippen LogP contribution in [0.25, 0.3) is 0 Å². The zero-order chi connectivity index (χ0) is 14.3. The van der Waals surface area contributed by atoms with Crippen molar-refractivity contribution in [3.63, 3.8) is 0 Å². The minimum atomic E-state index is 0.619. The summed E-state index contributed by atoms with van der Waals surface area (Å²) in [4.78, 5) is 11.2. The van der Waals surface area contributed by atoms with E-state index in [9.17, 15) is 0 Å². The summed E-state index contributed by atoms with van der Waals surface area (Å²) in [7, 11) is 0. The maximum absolute atomic E-state index is 4.43. The zero-order valence-corrected chi connectivity index (χ0v) is 12.3. The summed E-state index contributed by atoms with van der Waals surface area (Å²) in [5, 5.41) is 3.66. The lowest BCUT2D eigenvalue weighted by molar-refractivity contribution is 0.416. The van der Waals surface area contributed by atoms with Crippen molar-refractivity contribution in [3.05, 3.63) is 54.5 Å². The average molecular weight is 282 g/mol. The molecule has 0 aliphatic carbocycles. The molecule has 2 aromatic rings. The Morgan fingerprint density at radius 3 is 2.43 bits per heavy atom. The van der Waals surface area contributed by atoms with Crippen LogP contribution >= 0.6 is 0 Å². The van der Waals surface area contributed by atoms with Crippen LogP contribution in [-0.2, 0) is 6.42 Å². The van der Waals surface area contributed by atoms with Crippen LogP contribution < -0.4 is 10.2 Å². The Balaban J connectivity index is 1.40. The molecule has 4 nitrogen and oxygen atoms in total. The van der Waals surface area contributed by atoms with Crippen molar-refractivity contribution in [1.29, 1.82) is 0 Å². The number of pyridine rings is 2. The third kappa shape index (κ3) is 4.02. The number of hydrogen-bond donors (Lipinski definition) is 1. The maximum atomic E-state index is 4.43. The highest BCUT2D eigenvalue weighted by Gasteiger charge is 2.19. The summed E-state index contributed by atoms with van der Waals surface area (Å²) in [6.45, 7) is 3.17. The highest BCUT2D eigenvalue weighted by atomic mass is 15.2. The first-order chi connectivity index (χ1) is 10.4. The lowest BCUT2D eigenvalue weighted by atomic mass is 10.0. The van der Waals surface area contributed by atoms with Crippen LogP contribution in [0.15, 0.2) is 48.8 Å². The monoisotopic (exact) mass is 282 g/mol. The van der Waals surface area contributed by atoms with Crippen molar-refractivity contribution >= 4 is 5.82 Å². The van der Waals surface area contributed by atoms with E-state index in [0.717, 1.165) is 37.6 Å². The van der Waals surface area contributed by atoms with Gasteiger partial charge in [-0.3, -0.25) is 4.98 Å². The quantitative estimate of drug-likeness (QED) is 0.913. The summed E-state index contributed by atoms with van der Waals surface area (Å²) in [5.41, 5.74) is 1.16. The molecule has 0 unspecified atom stereocenters. The summed E-state index contributed by atoms with van der Waals surface area (Å²) in [5.74, 6) is 1.10. The molecule has 110 valence electrons. The largest absolute Gasteiger partial charge is 0.357 e. The minimum Gasteiger partial charge on any atom is -0.357 e. The summed E-state index contributed by atoms with van der Waals surface area (Å²) < 4.78 is 0. The number of anilines is 1. The number of nitrogens with zero attached hydrogens (tertiary/aromatic N) is 3. The molecular formula is C17H22N4. The van der Waals surface area contributed by atoms with Crippen molar-refractivity contribution in [3.8, 4) is 0 Å². The van der Waals surface area contributed by atoms with Crippen LogP contribution in [0.5, 0.6) is 0 Å². The van der Waals surface area contributed by atoms with Crippen LogP contribution in [0.3, 0.4) is 0 Å². The molecule has 3 heterocycles. The first-order valence-corrected chi connectivity index (χ1v) is 7.71. The predicted octanol–water partition coefficient (Wildman–Crippen LogP) is 2.28. The van der Waals surface area contributed by atoms with Crippen LogP contribution in [0.2, 0.25) is 0 Å². The lowest BCUT2D eigenvalue weighted by Crippen LogP contribution is -2.43. The number of nitrogens with one attached hydrogen (secondary N) is 1. The van der Waals surface area contributed by atoms with E-state index in [1.54, 1.807) is 0 Å². The van der Waals surface area contributed by atoms with Gasteiger partial charge in [0, 0.05) is 50.2 Å². The van der Waals surface area contributed by atoms with Gasteiger partial charge in [0.05, 0.1) is 0 Å². The molecule has 1 fully saturated rings. The van der Waals surface area contributed by atoms with Crippen molar-refractivity contribution in [2.75, 3.05) is 24.5 Å². The van der Waals surface area contributed by atoms with E-state index in [1.165, 1.54) is 12.8 Å². The number of aromatic nitrogens is 2. The Kier molecular flexibility index (Phi) is 4.79. The smallest absolute Gasteiger partial charge is 0.128 e. The van der Waals surface area contributed by atoms with Gasteiger partial charge in [-0.25, -0.2) is 4.98 Å². The molecule has 21 heavy (non-hydrogen) atoms. The Bertz CT molecular complexity index is 518. The van der Waals surface area contributed by atoms with Gasteiger partial charge in [0.15, 0.2) is 0 Å². The Hall–Kier alpha value is -1.94. The zero-order valence-electron chi connectivity index (χ0n) is 12.3. The Morgan fingerprint density at radius 1 is 1.00 bits per heavy atom. The normalized spacial score (nSPS) is 16.1. The molecule has 1 aliphatic heterocycles. The van der Waals surface area contributed by atoms with Gasteiger partial charge < -0.3 is 10.2 Å². The Labute approximate surface area is 126 Å². The lowest BCUT2D eigenvalue weighted by Gasteiger charge is -2.33. The van der Waals surface area contributed by atoms with E-state index < -0.39 is 0 Å². The molecule has 1 N–H and O–H groups in total. The first-order valence-electron chi connectivity index (χ1n) is 7.71. The molecular weight excluding hydrogens is 260 g/mol.